The normalized spacial score (nSPS) is 14.3. The summed E-state index contributed by atoms with van der Waals surface area (Å²) in [5, 5.41) is 16.7. The molecule has 24 heavy (non-hydrogen) atoms. The zero-order valence-electron chi connectivity index (χ0n) is 12.2. The van der Waals surface area contributed by atoms with Gasteiger partial charge in [-0.05, 0) is 18.2 Å². The molecular weight excluding hydrogens is 355 g/mol. The van der Waals surface area contributed by atoms with Crippen LogP contribution in [0.25, 0.3) is 5.69 Å². The van der Waals surface area contributed by atoms with Gasteiger partial charge in [0, 0.05) is 18.0 Å². The Morgan fingerprint density at radius 2 is 2.04 bits per heavy atom. The summed E-state index contributed by atoms with van der Waals surface area (Å²) >= 11 is 12.1. The van der Waals surface area contributed by atoms with Crippen molar-refractivity contribution in [1.29, 1.82) is 0 Å². The third-order valence-corrected chi connectivity index (χ3v) is 3.86. The molecule has 124 valence electrons. The first kappa shape index (κ1) is 16.5. The summed E-state index contributed by atoms with van der Waals surface area (Å²) in [6.45, 7) is -0.329. The number of aliphatic hydroxyl groups is 1. The number of amides is 2. The molecule has 1 aliphatic heterocycles. The number of aliphatic hydroxyl groups excluding tert-OH is 1. The molecule has 2 N–H and O–H groups in total. The average Bonchev–Trinajstić information content (AvgIpc) is 3.07. The number of halogens is 2. The second-order valence-electron chi connectivity index (χ2n) is 4.97. The van der Waals surface area contributed by atoms with E-state index >= 15 is 0 Å². The number of rotatable bonds is 5. The monoisotopic (exact) mass is 366 g/mol. The number of hydrogen-bond donors (Lipinski definition) is 2. The van der Waals surface area contributed by atoms with E-state index in [-0.39, 0.29) is 18.8 Å². The predicted octanol–water partition coefficient (Wildman–Crippen LogP) is 1.84. The van der Waals surface area contributed by atoms with Gasteiger partial charge in [-0.1, -0.05) is 23.2 Å². The molecule has 0 spiro atoms. The summed E-state index contributed by atoms with van der Waals surface area (Å²) in [4.78, 5) is 24.8. The Morgan fingerprint density at radius 3 is 2.67 bits per heavy atom. The molecule has 0 radical (unpaired) electrons. The molecule has 1 aliphatic rings. The summed E-state index contributed by atoms with van der Waals surface area (Å²) in [6, 6.07) is 5.02. The van der Waals surface area contributed by atoms with Gasteiger partial charge in [-0.15, -0.1) is 0 Å². The molecule has 0 saturated heterocycles. The Bertz CT molecular complexity index is 847. The number of hydrogen-bond acceptors (Lipinski definition) is 5. The number of benzene rings is 1. The highest BCUT2D eigenvalue weighted by molar-refractivity contribution is 6.33. The Labute approximate surface area is 147 Å². The lowest BCUT2D eigenvalue weighted by Gasteiger charge is -2.14. The standard InChI is InChI=1S/C15H12Cl2N4O3/c16-9-7-18-21(8-9)13-2-1-10(5-11(13)17)19-12-6-14(23)20(3-4-22)15(12)24/h1-2,5-8,19,22H,3-4H2. The number of carbonyl (C=O) groups is 2. The van der Waals surface area contributed by atoms with Crippen LogP contribution >= 0.6 is 23.2 Å². The largest absolute Gasteiger partial charge is 0.395 e. The van der Waals surface area contributed by atoms with Gasteiger partial charge in [-0.25, -0.2) is 4.68 Å². The molecule has 0 aliphatic carbocycles. The molecule has 0 unspecified atom stereocenters. The summed E-state index contributed by atoms with van der Waals surface area (Å²) < 4.78 is 1.53. The molecule has 2 heterocycles. The van der Waals surface area contributed by atoms with Crippen LogP contribution in [-0.4, -0.2) is 44.8 Å². The smallest absolute Gasteiger partial charge is 0.277 e. The Hall–Kier alpha value is -2.35. The van der Waals surface area contributed by atoms with Crippen LogP contribution in [0.15, 0.2) is 42.4 Å². The number of aromatic nitrogens is 2. The molecule has 1 aromatic heterocycles. The SMILES string of the molecule is O=C1C=C(Nc2ccc(-n3cc(Cl)cn3)c(Cl)c2)C(=O)N1CCO. The summed E-state index contributed by atoms with van der Waals surface area (Å²) in [5.41, 5.74) is 1.29. The molecule has 1 aromatic carbocycles. The van der Waals surface area contributed by atoms with Gasteiger partial charge < -0.3 is 10.4 Å². The van der Waals surface area contributed by atoms with Crippen molar-refractivity contribution >= 4 is 40.7 Å². The maximum absolute atomic E-state index is 12.1. The van der Waals surface area contributed by atoms with E-state index < -0.39 is 11.8 Å². The minimum absolute atomic E-state index is 0.0426. The van der Waals surface area contributed by atoms with Crippen molar-refractivity contribution in [1.82, 2.24) is 14.7 Å². The first-order valence-electron chi connectivity index (χ1n) is 6.95. The van der Waals surface area contributed by atoms with Gasteiger partial charge in [0.2, 0.25) is 0 Å². The van der Waals surface area contributed by atoms with Crippen molar-refractivity contribution in [2.75, 3.05) is 18.5 Å². The van der Waals surface area contributed by atoms with E-state index in [1.165, 1.54) is 17.0 Å². The first-order chi connectivity index (χ1) is 11.5. The zero-order valence-corrected chi connectivity index (χ0v) is 13.8. The number of anilines is 1. The highest BCUT2D eigenvalue weighted by Crippen LogP contribution is 2.26. The Kier molecular flexibility index (Phi) is 4.57. The van der Waals surface area contributed by atoms with Crippen molar-refractivity contribution in [2.24, 2.45) is 0 Å². The first-order valence-corrected chi connectivity index (χ1v) is 7.70. The van der Waals surface area contributed by atoms with E-state index in [0.717, 1.165) is 4.90 Å². The molecule has 0 saturated carbocycles. The second kappa shape index (κ2) is 6.64. The maximum Gasteiger partial charge on any atom is 0.277 e. The van der Waals surface area contributed by atoms with Crippen molar-refractivity contribution < 1.29 is 14.7 Å². The van der Waals surface area contributed by atoms with Crippen LogP contribution < -0.4 is 5.32 Å². The number of carbonyl (C=O) groups excluding carboxylic acids is 2. The third kappa shape index (κ3) is 3.14. The maximum atomic E-state index is 12.1. The average molecular weight is 367 g/mol. The van der Waals surface area contributed by atoms with E-state index in [9.17, 15) is 9.59 Å². The summed E-state index contributed by atoms with van der Waals surface area (Å²) in [7, 11) is 0. The molecular formula is C15H12Cl2N4O3. The fourth-order valence-electron chi connectivity index (χ4n) is 2.27. The van der Waals surface area contributed by atoms with Crippen molar-refractivity contribution in [3.8, 4) is 5.69 Å². The lowest BCUT2D eigenvalue weighted by molar-refractivity contribution is -0.137. The number of imide groups is 1. The minimum atomic E-state index is -0.492. The van der Waals surface area contributed by atoms with Gasteiger partial charge in [0.1, 0.15) is 5.70 Å². The number of β-amino-alcohol motifs (C(OH)–C–C–N with tert-alkyl or cyclic N) is 1. The van der Waals surface area contributed by atoms with Crippen molar-refractivity contribution in [3.05, 3.63) is 52.4 Å². The highest BCUT2D eigenvalue weighted by Gasteiger charge is 2.30. The number of nitrogens with zero attached hydrogens (tertiary/aromatic N) is 3. The van der Waals surface area contributed by atoms with Crippen LogP contribution in [0, 0.1) is 0 Å². The van der Waals surface area contributed by atoms with Gasteiger partial charge >= 0.3 is 0 Å². The fraction of sp³-hybridized carbons (Fsp3) is 0.133. The fourth-order valence-corrected chi connectivity index (χ4v) is 2.67. The molecule has 0 bridgehead atoms. The molecule has 2 amide bonds. The molecule has 0 fully saturated rings. The summed E-state index contributed by atoms with van der Waals surface area (Å²) in [6.07, 6.45) is 4.30. The second-order valence-corrected chi connectivity index (χ2v) is 5.81. The van der Waals surface area contributed by atoms with E-state index in [4.69, 9.17) is 28.3 Å². The Morgan fingerprint density at radius 1 is 1.25 bits per heavy atom. The predicted molar refractivity (Wildman–Crippen MR) is 89.1 cm³/mol. The van der Waals surface area contributed by atoms with Gasteiger partial charge in [-0.2, -0.15) is 5.10 Å². The third-order valence-electron chi connectivity index (χ3n) is 3.36. The van der Waals surface area contributed by atoms with Crippen LogP contribution in [0.3, 0.4) is 0 Å². The number of nitrogens with one attached hydrogen (secondary N) is 1. The van der Waals surface area contributed by atoms with Gasteiger partial charge in [0.25, 0.3) is 11.8 Å². The van der Waals surface area contributed by atoms with Gasteiger partial charge in [0.05, 0.1) is 35.1 Å². The highest BCUT2D eigenvalue weighted by atomic mass is 35.5. The van der Waals surface area contributed by atoms with Gasteiger partial charge in [-0.3, -0.25) is 14.5 Å². The summed E-state index contributed by atoms with van der Waals surface area (Å²) in [5.74, 6) is -0.960. The van der Waals surface area contributed by atoms with Gasteiger partial charge in [0.15, 0.2) is 0 Å². The van der Waals surface area contributed by atoms with Crippen molar-refractivity contribution in [3.63, 3.8) is 0 Å². The van der Waals surface area contributed by atoms with E-state index in [1.807, 2.05) is 0 Å². The lowest BCUT2D eigenvalue weighted by atomic mass is 10.2. The van der Waals surface area contributed by atoms with Crippen LogP contribution in [0.2, 0.25) is 10.0 Å². The molecule has 2 aromatic rings. The van der Waals surface area contributed by atoms with E-state index in [2.05, 4.69) is 10.4 Å². The van der Waals surface area contributed by atoms with Crippen LogP contribution in [0.5, 0.6) is 0 Å². The van der Waals surface area contributed by atoms with E-state index in [0.29, 0.717) is 21.4 Å². The topological polar surface area (TPSA) is 87.5 Å². The molecule has 0 atom stereocenters. The van der Waals surface area contributed by atoms with Crippen molar-refractivity contribution in [2.45, 2.75) is 0 Å². The molecule has 3 rings (SSSR count). The Balaban J connectivity index is 1.80. The van der Waals surface area contributed by atoms with Crippen LogP contribution in [0.1, 0.15) is 0 Å². The van der Waals surface area contributed by atoms with E-state index in [1.54, 1.807) is 24.4 Å². The quantitative estimate of drug-likeness (QED) is 0.788. The molecule has 9 heteroatoms. The van der Waals surface area contributed by atoms with Crippen LogP contribution in [0.4, 0.5) is 5.69 Å². The van der Waals surface area contributed by atoms with Crippen LogP contribution in [-0.2, 0) is 9.59 Å². The minimum Gasteiger partial charge on any atom is -0.395 e. The molecule has 7 nitrogen and oxygen atoms in total. The zero-order chi connectivity index (χ0) is 17.3. The lowest BCUT2D eigenvalue weighted by Crippen LogP contribution is -2.34.